The highest BCUT2D eigenvalue weighted by atomic mass is 16.5. The summed E-state index contributed by atoms with van der Waals surface area (Å²) in [5.74, 6) is -1.19. The molecule has 5 nitrogen and oxygen atoms in total. The lowest BCUT2D eigenvalue weighted by Crippen LogP contribution is -2.49. The molecule has 0 saturated carbocycles. The molecular formula is C7H12O5. The highest BCUT2D eigenvalue weighted by molar-refractivity contribution is 5.73. The first kappa shape index (κ1) is 9.44. The van der Waals surface area contributed by atoms with Crippen molar-refractivity contribution >= 4 is 5.97 Å². The molecule has 0 amide bonds. The van der Waals surface area contributed by atoms with E-state index in [0.717, 1.165) is 0 Å². The first-order valence-corrected chi connectivity index (χ1v) is 3.76. The first-order chi connectivity index (χ1) is 5.52. The zero-order valence-electron chi connectivity index (χ0n) is 6.67. The van der Waals surface area contributed by atoms with E-state index >= 15 is 0 Å². The van der Waals surface area contributed by atoms with E-state index in [1.54, 1.807) is 6.92 Å². The molecule has 5 heteroatoms. The fourth-order valence-corrected chi connectivity index (χ4v) is 1.20. The number of hydrogen-bond acceptors (Lipinski definition) is 4. The number of aliphatic hydroxyl groups excluding tert-OH is 2. The third-order valence-electron chi connectivity index (χ3n) is 1.98. The molecule has 3 N–H and O–H groups in total. The van der Waals surface area contributed by atoms with E-state index in [-0.39, 0.29) is 6.42 Å². The van der Waals surface area contributed by atoms with Gasteiger partial charge in [0.15, 0.2) is 6.10 Å². The van der Waals surface area contributed by atoms with Crippen LogP contribution in [0.2, 0.25) is 0 Å². The Morgan fingerprint density at radius 2 is 2.00 bits per heavy atom. The lowest BCUT2D eigenvalue weighted by molar-refractivity contribution is -0.189. The molecule has 0 aromatic carbocycles. The van der Waals surface area contributed by atoms with Crippen LogP contribution in [0.5, 0.6) is 0 Å². The molecule has 1 saturated heterocycles. The van der Waals surface area contributed by atoms with Crippen molar-refractivity contribution in [2.75, 3.05) is 0 Å². The molecule has 1 heterocycles. The van der Waals surface area contributed by atoms with Gasteiger partial charge in [0.2, 0.25) is 0 Å². The second-order valence-electron chi connectivity index (χ2n) is 2.97. The van der Waals surface area contributed by atoms with Crippen molar-refractivity contribution < 1.29 is 24.9 Å². The number of carbonyl (C=O) groups is 1. The Morgan fingerprint density at radius 1 is 1.42 bits per heavy atom. The van der Waals surface area contributed by atoms with E-state index in [1.165, 1.54) is 0 Å². The maximum atomic E-state index is 10.5. The van der Waals surface area contributed by atoms with Crippen LogP contribution in [0.15, 0.2) is 0 Å². The monoisotopic (exact) mass is 176 g/mol. The lowest BCUT2D eigenvalue weighted by atomic mass is 9.99. The summed E-state index contributed by atoms with van der Waals surface area (Å²) in [4.78, 5) is 10.5. The van der Waals surface area contributed by atoms with Gasteiger partial charge in [-0.25, -0.2) is 4.79 Å². The molecule has 70 valence electrons. The normalized spacial score (nSPS) is 42.6. The van der Waals surface area contributed by atoms with Gasteiger partial charge in [-0.3, -0.25) is 0 Å². The summed E-state index contributed by atoms with van der Waals surface area (Å²) in [7, 11) is 0. The standard InChI is InChI=1S/C7H12O5/c1-3-4(8)2-5(9)6(12-3)7(10)11/h3-6,8-9H,2H2,1H3,(H,10,11)/t3-,4+,5-,6-/m0/s1. The molecule has 1 fully saturated rings. The van der Waals surface area contributed by atoms with Crippen LogP contribution in [-0.4, -0.2) is 45.7 Å². The number of carboxylic acid groups (broad SMARTS) is 1. The van der Waals surface area contributed by atoms with Crippen molar-refractivity contribution in [2.24, 2.45) is 0 Å². The molecular weight excluding hydrogens is 164 g/mol. The molecule has 0 bridgehead atoms. The zero-order chi connectivity index (χ0) is 9.30. The second-order valence-corrected chi connectivity index (χ2v) is 2.97. The molecule has 0 radical (unpaired) electrons. The molecule has 0 aromatic heterocycles. The average molecular weight is 176 g/mol. The summed E-state index contributed by atoms with van der Waals surface area (Å²) in [5.41, 5.74) is 0. The number of hydrogen-bond donors (Lipinski definition) is 3. The molecule has 4 atom stereocenters. The minimum atomic E-state index is -1.21. The van der Waals surface area contributed by atoms with Crippen LogP contribution in [0.4, 0.5) is 0 Å². The predicted molar refractivity (Wildman–Crippen MR) is 38.6 cm³/mol. The number of aliphatic hydroxyl groups is 2. The Kier molecular flexibility index (Phi) is 2.66. The van der Waals surface area contributed by atoms with Gasteiger partial charge in [0.1, 0.15) is 0 Å². The van der Waals surface area contributed by atoms with E-state index < -0.39 is 30.4 Å². The lowest BCUT2D eigenvalue weighted by Gasteiger charge is -2.33. The summed E-state index contributed by atoms with van der Waals surface area (Å²) < 4.78 is 4.87. The van der Waals surface area contributed by atoms with E-state index in [9.17, 15) is 4.79 Å². The minimum absolute atomic E-state index is 0.0537. The van der Waals surface area contributed by atoms with Crippen LogP contribution in [0, 0.1) is 0 Å². The molecule has 0 spiro atoms. The van der Waals surface area contributed by atoms with E-state index in [4.69, 9.17) is 20.1 Å². The van der Waals surface area contributed by atoms with Crippen LogP contribution in [0.3, 0.4) is 0 Å². The largest absolute Gasteiger partial charge is 0.479 e. The number of rotatable bonds is 1. The number of carboxylic acids is 1. The molecule has 0 unspecified atom stereocenters. The fraction of sp³-hybridized carbons (Fsp3) is 0.857. The molecule has 0 aromatic rings. The van der Waals surface area contributed by atoms with Crippen LogP contribution in [0.1, 0.15) is 13.3 Å². The summed E-state index contributed by atoms with van der Waals surface area (Å²) in [6.45, 7) is 1.58. The van der Waals surface area contributed by atoms with E-state index in [2.05, 4.69) is 0 Å². The fourth-order valence-electron chi connectivity index (χ4n) is 1.20. The second kappa shape index (κ2) is 3.38. The molecule has 1 rings (SSSR count). The van der Waals surface area contributed by atoms with Crippen LogP contribution in [0.25, 0.3) is 0 Å². The van der Waals surface area contributed by atoms with Crippen LogP contribution in [-0.2, 0) is 9.53 Å². The molecule has 0 aliphatic carbocycles. The number of ether oxygens (including phenoxy) is 1. The molecule has 12 heavy (non-hydrogen) atoms. The summed E-state index contributed by atoms with van der Waals surface area (Å²) in [6.07, 6.45) is -3.58. The smallest absolute Gasteiger partial charge is 0.335 e. The van der Waals surface area contributed by atoms with Crippen LogP contribution < -0.4 is 0 Å². The van der Waals surface area contributed by atoms with Gasteiger partial charge in [-0.2, -0.15) is 0 Å². The summed E-state index contributed by atoms with van der Waals surface area (Å²) >= 11 is 0. The SMILES string of the molecule is C[C@@H]1O[C@H](C(=O)O)[C@@H](O)C[C@H]1O. The predicted octanol–water partition coefficient (Wildman–Crippen LogP) is -1.03. The van der Waals surface area contributed by atoms with Crippen molar-refractivity contribution in [1.82, 2.24) is 0 Å². The van der Waals surface area contributed by atoms with Crippen molar-refractivity contribution in [3.05, 3.63) is 0 Å². The van der Waals surface area contributed by atoms with Gasteiger partial charge in [-0.15, -0.1) is 0 Å². The van der Waals surface area contributed by atoms with E-state index in [1.807, 2.05) is 0 Å². The van der Waals surface area contributed by atoms with Crippen molar-refractivity contribution in [2.45, 2.75) is 37.8 Å². The summed E-state index contributed by atoms with van der Waals surface area (Å²) in [6, 6.07) is 0. The van der Waals surface area contributed by atoms with Gasteiger partial charge in [0.05, 0.1) is 18.3 Å². The average Bonchev–Trinajstić information content (AvgIpc) is 1.96. The first-order valence-electron chi connectivity index (χ1n) is 3.76. The van der Waals surface area contributed by atoms with Crippen molar-refractivity contribution in [3.63, 3.8) is 0 Å². The Bertz CT molecular complexity index is 181. The van der Waals surface area contributed by atoms with Gasteiger partial charge in [-0.1, -0.05) is 0 Å². The van der Waals surface area contributed by atoms with E-state index in [0.29, 0.717) is 0 Å². The molecule has 1 aliphatic heterocycles. The van der Waals surface area contributed by atoms with Crippen LogP contribution >= 0.6 is 0 Å². The van der Waals surface area contributed by atoms with Gasteiger partial charge in [-0.05, 0) is 6.92 Å². The Balaban J connectivity index is 2.61. The van der Waals surface area contributed by atoms with Gasteiger partial charge in [0.25, 0.3) is 0 Å². The quantitative estimate of drug-likeness (QED) is 0.475. The third kappa shape index (κ3) is 1.74. The maximum Gasteiger partial charge on any atom is 0.335 e. The Labute approximate surface area is 69.6 Å². The van der Waals surface area contributed by atoms with Crippen molar-refractivity contribution in [1.29, 1.82) is 0 Å². The topological polar surface area (TPSA) is 87.0 Å². The van der Waals surface area contributed by atoms with Gasteiger partial charge in [0, 0.05) is 6.42 Å². The minimum Gasteiger partial charge on any atom is -0.479 e. The van der Waals surface area contributed by atoms with Gasteiger partial charge < -0.3 is 20.1 Å². The van der Waals surface area contributed by atoms with Crippen molar-refractivity contribution in [3.8, 4) is 0 Å². The Hall–Kier alpha value is -0.650. The highest BCUT2D eigenvalue weighted by Crippen LogP contribution is 2.19. The summed E-state index contributed by atoms with van der Waals surface area (Å²) in [5, 5.41) is 26.9. The third-order valence-corrected chi connectivity index (χ3v) is 1.98. The zero-order valence-corrected chi connectivity index (χ0v) is 6.67. The van der Waals surface area contributed by atoms with Gasteiger partial charge >= 0.3 is 5.97 Å². The Morgan fingerprint density at radius 3 is 2.50 bits per heavy atom. The highest BCUT2D eigenvalue weighted by Gasteiger charge is 2.37. The molecule has 1 aliphatic rings. The maximum absolute atomic E-state index is 10.5. The number of aliphatic carboxylic acids is 1.